The summed E-state index contributed by atoms with van der Waals surface area (Å²) in [6.45, 7) is -0.473. The van der Waals surface area contributed by atoms with E-state index in [1.807, 2.05) is 0 Å². The third-order valence-electron chi connectivity index (χ3n) is 2.39. The molecule has 0 radical (unpaired) electrons. The zero-order valence-corrected chi connectivity index (χ0v) is 8.96. The highest BCUT2D eigenvalue weighted by Gasteiger charge is 2.43. The van der Waals surface area contributed by atoms with Crippen molar-refractivity contribution in [3.63, 3.8) is 0 Å². The second-order valence-electron chi connectivity index (χ2n) is 3.52. The maximum atomic E-state index is 9.53. The van der Waals surface area contributed by atoms with E-state index in [9.17, 15) is 15.3 Å². The van der Waals surface area contributed by atoms with E-state index in [0.717, 1.165) is 0 Å². The number of azide groups is 1. The third kappa shape index (κ3) is 3.51. The van der Waals surface area contributed by atoms with Crippen LogP contribution in [0.1, 0.15) is 0 Å². The molecular formula is C8H15N3O6. The summed E-state index contributed by atoms with van der Waals surface area (Å²) < 4.78 is 10.1. The molecule has 1 saturated heterocycles. The van der Waals surface area contributed by atoms with Crippen LogP contribution in [0.5, 0.6) is 0 Å². The van der Waals surface area contributed by atoms with Crippen LogP contribution in [0.3, 0.4) is 0 Å². The Morgan fingerprint density at radius 1 is 1.24 bits per heavy atom. The molecule has 1 fully saturated rings. The van der Waals surface area contributed by atoms with Crippen molar-refractivity contribution in [3.8, 4) is 0 Å². The first-order valence-electron chi connectivity index (χ1n) is 5.04. The van der Waals surface area contributed by atoms with Crippen LogP contribution < -0.4 is 0 Å². The van der Waals surface area contributed by atoms with Gasteiger partial charge in [0.1, 0.15) is 24.4 Å². The Balaban J connectivity index is 2.50. The van der Waals surface area contributed by atoms with Crippen molar-refractivity contribution >= 4 is 0 Å². The Morgan fingerprint density at radius 2 is 1.94 bits per heavy atom. The molecule has 0 aromatic carbocycles. The Hall–Kier alpha value is -0.930. The van der Waals surface area contributed by atoms with Crippen molar-refractivity contribution in [2.24, 2.45) is 5.11 Å². The summed E-state index contributed by atoms with van der Waals surface area (Å²) in [5, 5.41) is 40.5. The molecule has 9 heteroatoms. The molecule has 1 aliphatic rings. The molecule has 0 amide bonds. The van der Waals surface area contributed by atoms with Gasteiger partial charge in [-0.25, -0.2) is 0 Å². The topological polar surface area (TPSA) is 148 Å². The van der Waals surface area contributed by atoms with Gasteiger partial charge < -0.3 is 29.9 Å². The van der Waals surface area contributed by atoms with Gasteiger partial charge in [-0.05, 0) is 5.53 Å². The van der Waals surface area contributed by atoms with E-state index in [-0.39, 0.29) is 13.2 Å². The number of rotatable bonds is 5. The molecule has 17 heavy (non-hydrogen) atoms. The van der Waals surface area contributed by atoms with E-state index < -0.39 is 37.3 Å². The molecule has 5 atom stereocenters. The molecule has 1 unspecified atom stereocenters. The predicted molar refractivity (Wildman–Crippen MR) is 53.7 cm³/mol. The quantitative estimate of drug-likeness (QED) is 0.194. The van der Waals surface area contributed by atoms with Crippen LogP contribution in [0.2, 0.25) is 0 Å². The van der Waals surface area contributed by atoms with Crippen LogP contribution in [0.15, 0.2) is 5.11 Å². The predicted octanol–water partition coefficient (Wildman–Crippen LogP) is -1.89. The van der Waals surface area contributed by atoms with Crippen molar-refractivity contribution in [3.05, 3.63) is 10.4 Å². The van der Waals surface area contributed by atoms with Crippen LogP contribution in [-0.4, -0.2) is 70.9 Å². The lowest BCUT2D eigenvalue weighted by Crippen LogP contribution is -2.59. The van der Waals surface area contributed by atoms with E-state index in [2.05, 4.69) is 10.0 Å². The summed E-state index contributed by atoms with van der Waals surface area (Å²) >= 11 is 0. The highest BCUT2D eigenvalue weighted by atomic mass is 16.7. The molecule has 1 rings (SSSR count). The minimum absolute atomic E-state index is 0.00719. The minimum Gasteiger partial charge on any atom is -0.394 e. The SMILES string of the molecule is [N-]=[N+]=NCCOC1O[C@H](CO)[C@@H](O)[C@H](O)[C@@H]1O. The lowest BCUT2D eigenvalue weighted by Gasteiger charge is -2.39. The summed E-state index contributed by atoms with van der Waals surface area (Å²) in [4.78, 5) is 2.51. The lowest BCUT2D eigenvalue weighted by atomic mass is 9.99. The standard InChI is InChI=1S/C8H15N3O6/c9-11-10-1-2-16-8-7(15)6(14)5(13)4(3-12)17-8/h4-8,12-15H,1-3H2/t4-,5-,6+,7+,8?/m1/s1. The fourth-order valence-corrected chi connectivity index (χ4v) is 1.46. The lowest BCUT2D eigenvalue weighted by molar-refractivity contribution is -0.300. The van der Waals surface area contributed by atoms with Crippen molar-refractivity contribution in [2.45, 2.75) is 30.7 Å². The summed E-state index contributed by atoms with van der Waals surface area (Å²) in [5.41, 5.74) is 8.03. The second kappa shape index (κ2) is 6.72. The fourth-order valence-electron chi connectivity index (χ4n) is 1.46. The molecule has 0 aliphatic carbocycles. The van der Waals surface area contributed by atoms with Gasteiger partial charge in [0.25, 0.3) is 0 Å². The number of hydrogen-bond donors (Lipinski definition) is 4. The smallest absolute Gasteiger partial charge is 0.186 e. The van der Waals surface area contributed by atoms with Gasteiger partial charge in [-0.2, -0.15) is 0 Å². The summed E-state index contributed by atoms with van der Waals surface area (Å²) in [6, 6.07) is 0. The van der Waals surface area contributed by atoms with Crippen molar-refractivity contribution in [2.75, 3.05) is 19.8 Å². The van der Waals surface area contributed by atoms with Gasteiger partial charge in [-0.3, -0.25) is 0 Å². The van der Waals surface area contributed by atoms with E-state index in [0.29, 0.717) is 0 Å². The average molecular weight is 249 g/mol. The average Bonchev–Trinajstić information content (AvgIpc) is 2.34. The number of aliphatic hydroxyl groups excluding tert-OH is 4. The zero-order valence-electron chi connectivity index (χ0n) is 8.96. The van der Waals surface area contributed by atoms with E-state index in [1.165, 1.54) is 0 Å². The largest absolute Gasteiger partial charge is 0.394 e. The highest BCUT2D eigenvalue weighted by Crippen LogP contribution is 2.21. The van der Waals surface area contributed by atoms with E-state index >= 15 is 0 Å². The molecule has 0 saturated carbocycles. The van der Waals surface area contributed by atoms with Crippen molar-refractivity contribution in [1.29, 1.82) is 0 Å². The Morgan fingerprint density at radius 3 is 2.53 bits per heavy atom. The number of aliphatic hydroxyl groups is 4. The summed E-state index contributed by atoms with van der Waals surface area (Å²) in [6.07, 6.45) is -6.49. The molecule has 0 aromatic rings. The first-order valence-corrected chi connectivity index (χ1v) is 5.04. The van der Waals surface area contributed by atoms with Crippen molar-refractivity contribution < 1.29 is 29.9 Å². The number of ether oxygens (including phenoxy) is 2. The van der Waals surface area contributed by atoms with Gasteiger partial charge >= 0.3 is 0 Å². The first kappa shape index (κ1) is 14.1. The molecule has 98 valence electrons. The summed E-state index contributed by atoms with van der Waals surface area (Å²) in [7, 11) is 0. The number of hydrogen-bond acceptors (Lipinski definition) is 7. The molecule has 0 aromatic heterocycles. The minimum atomic E-state index is -1.47. The Kier molecular flexibility index (Phi) is 5.59. The zero-order chi connectivity index (χ0) is 12.8. The molecular weight excluding hydrogens is 234 g/mol. The molecule has 0 spiro atoms. The number of nitrogens with zero attached hydrogens (tertiary/aromatic N) is 3. The van der Waals surface area contributed by atoms with Crippen LogP contribution in [0.25, 0.3) is 10.4 Å². The van der Waals surface area contributed by atoms with E-state index in [4.69, 9.17) is 20.1 Å². The molecule has 9 nitrogen and oxygen atoms in total. The van der Waals surface area contributed by atoms with Crippen LogP contribution >= 0.6 is 0 Å². The van der Waals surface area contributed by atoms with Crippen LogP contribution in [-0.2, 0) is 9.47 Å². The summed E-state index contributed by atoms with van der Waals surface area (Å²) in [5.74, 6) is 0. The van der Waals surface area contributed by atoms with Gasteiger partial charge in [-0.15, -0.1) is 0 Å². The highest BCUT2D eigenvalue weighted by molar-refractivity contribution is 4.88. The first-order chi connectivity index (χ1) is 8.11. The Labute approximate surface area is 96.8 Å². The molecule has 1 aliphatic heterocycles. The van der Waals surface area contributed by atoms with E-state index in [1.54, 1.807) is 0 Å². The maximum absolute atomic E-state index is 9.53. The van der Waals surface area contributed by atoms with Gasteiger partial charge in [-0.1, -0.05) is 5.11 Å². The maximum Gasteiger partial charge on any atom is 0.186 e. The van der Waals surface area contributed by atoms with Gasteiger partial charge in [0.05, 0.1) is 13.2 Å². The monoisotopic (exact) mass is 249 g/mol. The molecule has 1 heterocycles. The second-order valence-corrected chi connectivity index (χ2v) is 3.52. The van der Waals surface area contributed by atoms with Crippen LogP contribution in [0, 0.1) is 0 Å². The van der Waals surface area contributed by atoms with Gasteiger partial charge in [0, 0.05) is 11.5 Å². The normalized spacial score (nSPS) is 37.5. The third-order valence-corrected chi connectivity index (χ3v) is 2.39. The van der Waals surface area contributed by atoms with Gasteiger partial charge in [0.15, 0.2) is 6.29 Å². The van der Waals surface area contributed by atoms with Crippen LogP contribution in [0.4, 0.5) is 0 Å². The molecule has 0 bridgehead atoms. The van der Waals surface area contributed by atoms with Gasteiger partial charge in [0.2, 0.25) is 0 Å². The van der Waals surface area contributed by atoms with Crippen molar-refractivity contribution in [1.82, 2.24) is 0 Å². The fraction of sp³-hybridized carbons (Fsp3) is 1.00. The molecule has 4 N–H and O–H groups in total. The Bertz CT molecular complexity index is 282.